The number of carbonyl (C=O) groups is 1. The number of imidazole rings is 1. The number of benzene rings is 3. The van der Waals surface area contributed by atoms with E-state index in [4.69, 9.17) is 19.6 Å². The van der Waals surface area contributed by atoms with Gasteiger partial charge in [0.25, 0.3) is 6.47 Å². The molecule has 0 unspecified atom stereocenters. The molecular weight excluding hydrogens is 423 g/mol. The summed E-state index contributed by atoms with van der Waals surface area (Å²) in [6.07, 6.45) is 0. The monoisotopic (exact) mass is 444 g/mol. The topological polar surface area (TPSA) is 89.3 Å². The van der Waals surface area contributed by atoms with Crippen LogP contribution in [0.3, 0.4) is 0 Å². The van der Waals surface area contributed by atoms with E-state index in [0.717, 1.165) is 39.3 Å². The molecule has 8 heteroatoms. The van der Waals surface area contributed by atoms with Crippen LogP contribution in [0.5, 0.6) is 11.5 Å². The summed E-state index contributed by atoms with van der Waals surface area (Å²) in [5.41, 5.74) is 4.62. The molecule has 0 radical (unpaired) electrons. The lowest BCUT2D eigenvalue weighted by molar-refractivity contribution is -0.122. The number of para-hydroxylation sites is 2. The Labute approximate surface area is 189 Å². The van der Waals surface area contributed by atoms with Gasteiger partial charge in [0, 0.05) is 18.1 Å². The predicted octanol–water partition coefficient (Wildman–Crippen LogP) is 5.81. The van der Waals surface area contributed by atoms with E-state index in [9.17, 15) is 4.39 Å². The van der Waals surface area contributed by atoms with Gasteiger partial charge >= 0.3 is 0 Å². The molecular formula is C25H21FN4O3. The largest absolute Gasteiger partial charge is 0.483 e. The van der Waals surface area contributed by atoms with Crippen LogP contribution >= 0.6 is 0 Å². The molecule has 5 rings (SSSR count). The zero-order chi connectivity index (χ0) is 23.4. The quantitative estimate of drug-likeness (QED) is 0.340. The Hall–Kier alpha value is -4.46. The molecule has 0 aliphatic carbocycles. The van der Waals surface area contributed by atoms with Crippen LogP contribution in [-0.4, -0.2) is 26.1 Å². The number of ether oxygens (including phenoxy) is 1. The van der Waals surface area contributed by atoms with Crippen LogP contribution in [0.2, 0.25) is 0 Å². The number of fused-ring (bicyclic) bond motifs is 2. The highest BCUT2D eigenvalue weighted by Crippen LogP contribution is 2.32. The maximum atomic E-state index is 13.2. The van der Waals surface area contributed by atoms with E-state index in [-0.39, 0.29) is 12.3 Å². The third-order valence-electron chi connectivity index (χ3n) is 4.99. The van der Waals surface area contributed by atoms with Crippen LogP contribution in [0.1, 0.15) is 5.69 Å². The molecule has 0 saturated heterocycles. The van der Waals surface area contributed by atoms with Gasteiger partial charge in [-0.2, -0.15) is 0 Å². The molecule has 0 aliphatic rings. The zero-order valence-corrected chi connectivity index (χ0v) is 18.0. The van der Waals surface area contributed by atoms with Crippen LogP contribution in [0.15, 0.2) is 72.8 Å². The van der Waals surface area contributed by atoms with Crippen molar-refractivity contribution in [1.29, 1.82) is 0 Å². The van der Waals surface area contributed by atoms with Gasteiger partial charge in [0.2, 0.25) is 5.95 Å². The molecule has 0 saturated carbocycles. The fraction of sp³-hybridized carbons (Fsp3) is 0.0800. The van der Waals surface area contributed by atoms with Gasteiger partial charge in [-0.05, 0) is 67.6 Å². The minimum Gasteiger partial charge on any atom is -0.483 e. The fourth-order valence-corrected chi connectivity index (χ4v) is 3.52. The summed E-state index contributed by atoms with van der Waals surface area (Å²) in [6.45, 7) is 1.71. The molecule has 0 fully saturated rings. The number of nitrogens with one attached hydrogen (secondary N) is 1. The minimum atomic E-state index is -0.297. The maximum absolute atomic E-state index is 13.2. The smallest absolute Gasteiger partial charge is 0.290 e. The van der Waals surface area contributed by atoms with Crippen molar-refractivity contribution in [3.05, 3.63) is 84.3 Å². The first-order valence-corrected chi connectivity index (χ1v) is 10.1. The molecule has 0 aliphatic heterocycles. The number of anilines is 2. The number of carboxylic acid groups (broad SMARTS) is 1. The van der Waals surface area contributed by atoms with Gasteiger partial charge in [-0.25, -0.2) is 9.37 Å². The van der Waals surface area contributed by atoms with E-state index in [1.165, 1.54) is 12.1 Å². The average molecular weight is 444 g/mol. The fourth-order valence-electron chi connectivity index (χ4n) is 3.52. The molecule has 33 heavy (non-hydrogen) atoms. The van der Waals surface area contributed by atoms with Crippen molar-refractivity contribution in [2.75, 3.05) is 5.32 Å². The van der Waals surface area contributed by atoms with Crippen molar-refractivity contribution >= 4 is 40.0 Å². The Morgan fingerprint density at radius 1 is 0.970 bits per heavy atom. The summed E-state index contributed by atoms with van der Waals surface area (Å²) in [5.74, 6) is 1.66. The molecule has 0 spiro atoms. The maximum Gasteiger partial charge on any atom is 0.290 e. The number of aryl methyl sites for hydroxylation is 2. The first kappa shape index (κ1) is 21.8. The highest BCUT2D eigenvalue weighted by molar-refractivity contribution is 5.94. The third-order valence-corrected chi connectivity index (χ3v) is 4.99. The standard InChI is InChI=1S/C24H19FN4O.CH2O2/c1-15-13-22(28-24-27-21-5-3-4-6-23(21)29(24)2)19-14-18(11-12-20(19)26-15)30-17-9-7-16(25)8-10-17;2-1-3/h3-14H,1-2H3,(H,26,27,28);1H,(H,2,3). The number of rotatable bonds is 4. The second-order valence-corrected chi connectivity index (χ2v) is 7.26. The van der Waals surface area contributed by atoms with Gasteiger partial charge in [0.05, 0.1) is 22.2 Å². The highest BCUT2D eigenvalue weighted by atomic mass is 19.1. The van der Waals surface area contributed by atoms with Crippen molar-refractivity contribution in [1.82, 2.24) is 14.5 Å². The summed E-state index contributed by atoms with van der Waals surface area (Å²) in [5, 5.41) is 11.2. The van der Waals surface area contributed by atoms with Crippen LogP contribution < -0.4 is 10.1 Å². The molecule has 2 heterocycles. The van der Waals surface area contributed by atoms with Crippen molar-refractivity contribution in [3.63, 3.8) is 0 Å². The molecule has 0 amide bonds. The van der Waals surface area contributed by atoms with E-state index in [0.29, 0.717) is 11.5 Å². The Bertz CT molecular complexity index is 1430. The van der Waals surface area contributed by atoms with Gasteiger partial charge in [-0.3, -0.25) is 9.78 Å². The number of pyridine rings is 1. The van der Waals surface area contributed by atoms with Crippen LogP contribution in [0, 0.1) is 12.7 Å². The molecule has 3 aromatic carbocycles. The van der Waals surface area contributed by atoms with E-state index >= 15 is 0 Å². The average Bonchev–Trinajstić information content (AvgIpc) is 3.12. The van der Waals surface area contributed by atoms with Crippen LogP contribution in [-0.2, 0) is 11.8 Å². The van der Waals surface area contributed by atoms with Gasteiger partial charge in [-0.15, -0.1) is 0 Å². The van der Waals surface area contributed by atoms with Crippen molar-refractivity contribution in [3.8, 4) is 11.5 Å². The van der Waals surface area contributed by atoms with Gasteiger partial charge < -0.3 is 19.7 Å². The molecule has 2 N–H and O–H groups in total. The Balaban J connectivity index is 0.000000821. The van der Waals surface area contributed by atoms with Gasteiger partial charge in [0.15, 0.2) is 0 Å². The molecule has 0 atom stereocenters. The van der Waals surface area contributed by atoms with E-state index in [1.54, 1.807) is 12.1 Å². The lowest BCUT2D eigenvalue weighted by atomic mass is 10.1. The second-order valence-electron chi connectivity index (χ2n) is 7.26. The van der Waals surface area contributed by atoms with E-state index in [1.807, 2.05) is 67.1 Å². The number of halogens is 1. The summed E-state index contributed by atoms with van der Waals surface area (Å²) in [4.78, 5) is 17.7. The first-order valence-electron chi connectivity index (χ1n) is 10.1. The van der Waals surface area contributed by atoms with E-state index < -0.39 is 0 Å². The third kappa shape index (κ3) is 4.74. The molecule has 0 bridgehead atoms. The minimum absolute atomic E-state index is 0.250. The van der Waals surface area contributed by atoms with Crippen molar-refractivity contribution in [2.45, 2.75) is 6.92 Å². The summed E-state index contributed by atoms with van der Waals surface area (Å²) in [7, 11) is 1.98. The summed E-state index contributed by atoms with van der Waals surface area (Å²) >= 11 is 0. The Morgan fingerprint density at radius 3 is 2.39 bits per heavy atom. The summed E-state index contributed by atoms with van der Waals surface area (Å²) < 4.78 is 21.1. The zero-order valence-electron chi connectivity index (χ0n) is 18.0. The van der Waals surface area contributed by atoms with Gasteiger partial charge in [0.1, 0.15) is 17.3 Å². The number of hydrogen-bond donors (Lipinski definition) is 2. The lowest BCUT2D eigenvalue weighted by Crippen LogP contribution is -2.01. The lowest BCUT2D eigenvalue weighted by Gasteiger charge is -2.12. The molecule has 7 nitrogen and oxygen atoms in total. The predicted molar refractivity (Wildman–Crippen MR) is 126 cm³/mol. The van der Waals surface area contributed by atoms with Crippen LogP contribution in [0.25, 0.3) is 21.9 Å². The number of nitrogens with zero attached hydrogens (tertiary/aromatic N) is 3. The van der Waals surface area contributed by atoms with Gasteiger partial charge in [-0.1, -0.05) is 12.1 Å². The molecule has 2 aromatic heterocycles. The highest BCUT2D eigenvalue weighted by Gasteiger charge is 2.11. The van der Waals surface area contributed by atoms with Crippen LogP contribution in [0.4, 0.5) is 16.0 Å². The van der Waals surface area contributed by atoms with Crippen molar-refractivity contribution < 1.29 is 19.0 Å². The Kier molecular flexibility index (Phi) is 6.17. The molecule has 166 valence electrons. The summed E-state index contributed by atoms with van der Waals surface area (Å²) in [6, 6.07) is 21.7. The first-order chi connectivity index (χ1) is 16.0. The second kappa shape index (κ2) is 9.35. The van der Waals surface area contributed by atoms with E-state index in [2.05, 4.69) is 10.3 Å². The Morgan fingerprint density at radius 2 is 1.67 bits per heavy atom. The van der Waals surface area contributed by atoms with Crippen molar-refractivity contribution in [2.24, 2.45) is 7.05 Å². The SMILES string of the molecule is Cc1cc(Nc2nc3ccccc3n2C)c2cc(Oc3ccc(F)cc3)ccc2n1.O=CO. The number of hydrogen-bond acceptors (Lipinski definition) is 5. The molecule has 5 aromatic rings. The normalized spacial score (nSPS) is 10.5. The number of aromatic nitrogens is 3.